The summed E-state index contributed by atoms with van der Waals surface area (Å²) in [5.41, 5.74) is 2.02. The van der Waals surface area contributed by atoms with E-state index in [-0.39, 0.29) is 6.04 Å². The fourth-order valence-corrected chi connectivity index (χ4v) is 2.68. The number of para-hydroxylation sites is 1. The second-order valence-electron chi connectivity index (χ2n) is 4.51. The SMILES string of the molecule is CCCNC(COC)c1nc2ccccc2cc1Br. The van der Waals surface area contributed by atoms with Crippen molar-refractivity contribution in [3.63, 3.8) is 0 Å². The van der Waals surface area contributed by atoms with Crippen molar-refractivity contribution in [1.82, 2.24) is 10.3 Å². The average Bonchev–Trinajstić information content (AvgIpc) is 2.43. The molecule has 0 aliphatic heterocycles. The van der Waals surface area contributed by atoms with E-state index in [1.54, 1.807) is 7.11 Å². The van der Waals surface area contributed by atoms with Gasteiger partial charge in [-0.15, -0.1) is 0 Å². The van der Waals surface area contributed by atoms with Crippen LogP contribution in [0.2, 0.25) is 0 Å². The Morgan fingerprint density at radius 3 is 2.89 bits per heavy atom. The van der Waals surface area contributed by atoms with Crippen LogP contribution in [-0.4, -0.2) is 25.2 Å². The minimum atomic E-state index is 0.115. The number of fused-ring (bicyclic) bond motifs is 1. The van der Waals surface area contributed by atoms with Gasteiger partial charge in [0.05, 0.1) is 23.9 Å². The third-order valence-corrected chi connectivity index (χ3v) is 3.64. The van der Waals surface area contributed by atoms with Gasteiger partial charge in [-0.1, -0.05) is 25.1 Å². The first-order valence-corrected chi connectivity index (χ1v) is 7.33. The van der Waals surface area contributed by atoms with Crippen LogP contribution in [0.1, 0.15) is 25.1 Å². The van der Waals surface area contributed by atoms with Gasteiger partial charge in [0, 0.05) is 17.0 Å². The van der Waals surface area contributed by atoms with Gasteiger partial charge >= 0.3 is 0 Å². The molecule has 0 radical (unpaired) electrons. The summed E-state index contributed by atoms with van der Waals surface area (Å²) in [6, 6.07) is 10.4. The lowest BCUT2D eigenvalue weighted by molar-refractivity contribution is 0.165. The molecule has 0 saturated carbocycles. The van der Waals surface area contributed by atoms with E-state index >= 15 is 0 Å². The third kappa shape index (κ3) is 3.53. The van der Waals surface area contributed by atoms with Crippen LogP contribution < -0.4 is 5.32 Å². The van der Waals surface area contributed by atoms with Crippen molar-refractivity contribution in [2.24, 2.45) is 0 Å². The van der Waals surface area contributed by atoms with E-state index in [9.17, 15) is 0 Å². The van der Waals surface area contributed by atoms with Crippen molar-refractivity contribution in [3.05, 3.63) is 40.5 Å². The lowest BCUT2D eigenvalue weighted by Crippen LogP contribution is -2.27. The summed E-state index contributed by atoms with van der Waals surface area (Å²) in [5.74, 6) is 0. The number of methoxy groups -OCH3 is 1. The van der Waals surface area contributed by atoms with Crippen LogP contribution in [0.25, 0.3) is 10.9 Å². The van der Waals surface area contributed by atoms with Gasteiger partial charge in [0.2, 0.25) is 0 Å². The highest BCUT2D eigenvalue weighted by atomic mass is 79.9. The molecule has 0 amide bonds. The van der Waals surface area contributed by atoms with E-state index in [1.165, 1.54) is 0 Å². The van der Waals surface area contributed by atoms with E-state index in [1.807, 2.05) is 18.2 Å². The minimum absolute atomic E-state index is 0.115. The fraction of sp³-hybridized carbons (Fsp3) is 0.400. The maximum atomic E-state index is 5.30. The zero-order valence-electron chi connectivity index (χ0n) is 11.3. The number of halogens is 1. The maximum Gasteiger partial charge on any atom is 0.0746 e. The van der Waals surface area contributed by atoms with Gasteiger partial charge in [0.15, 0.2) is 0 Å². The Morgan fingerprint density at radius 2 is 2.16 bits per heavy atom. The molecule has 102 valence electrons. The molecule has 3 nitrogen and oxygen atoms in total. The zero-order valence-corrected chi connectivity index (χ0v) is 12.9. The molecule has 19 heavy (non-hydrogen) atoms. The summed E-state index contributed by atoms with van der Waals surface area (Å²) < 4.78 is 6.32. The molecule has 0 bridgehead atoms. The van der Waals surface area contributed by atoms with Gasteiger partial charge < -0.3 is 10.1 Å². The van der Waals surface area contributed by atoms with Crippen molar-refractivity contribution in [3.8, 4) is 0 Å². The number of benzene rings is 1. The third-order valence-electron chi connectivity index (χ3n) is 3.01. The van der Waals surface area contributed by atoms with Crippen LogP contribution in [0, 0.1) is 0 Å². The molecule has 1 heterocycles. The van der Waals surface area contributed by atoms with Crippen molar-refractivity contribution in [1.29, 1.82) is 0 Å². The molecule has 1 N–H and O–H groups in total. The molecule has 2 aromatic rings. The predicted octanol–water partition coefficient (Wildman–Crippen LogP) is 3.68. The molecule has 4 heteroatoms. The largest absolute Gasteiger partial charge is 0.383 e. The van der Waals surface area contributed by atoms with Crippen molar-refractivity contribution in [2.45, 2.75) is 19.4 Å². The zero-order chi connectivity index (χ0) is 13.7. The van der Waals surface area contributed by atoms with Gasteiger partial charge in [-0.2, -0.15) is 0 Å². The van der Waals surface area contributed by atoms with E-state index in [0.717, 1.165) is 34.0 Å². The van der Waals surface area contributed by atoms with E-state index in [2.05, 4.69) is 40.3 Å². The monoisotopic (exact) mass is 322 g/mol. The Kier molecular flexibility index (Phi) is 5.31. The maximum absolute atomic E-state index is 5.30. The molecule has 1 aromatic heterocycles. The van der Waals surface area contributed by atoms with E-state index in [4.69, 9.17) is 9.72 Å². The number of rotatable bonds is 6. The summed E-state index contributed by atoms with van der Waals surface area (Å²) in [5, 5.41) is 4.62. The first-order valence-electron chi connectivity index (χ1n) is 6.53. The summed E-state index contributed by atoms with van der Waals surface area (Å²) in [4.78, 5) is 4.76. The molecule has 1 aromatic carbocycles. The Hall–Kier alpha value is -0.970. The molecule has 1 atom stereocenters. The molecule has 0 spiro atoms. The molecule has 0 aliphatic rings. The first kappa shape index (κ1) is 14.4. The second kappa shape index (κ2) is 6.98. The lowest BCUT2D eigenvalue weighted by atomic mass is 10.1. The van der Waals surface area contributed by atoms with Crippen molar-refractivity contribution in [2.75, 3.05) is 20.3 Å². The van der Waals surface area contributed by atoms with Crippen molar-refractivity contribution < 1.29 is 4.74 Å². The lowest BCUT2D eigenvalue weighted by Gasteiger charge is -2.19. The average molecular weight is 323 g/mol. The number of hydrogen-bond acceptors (Lipinski definition) is 3. The molecular formula is C15H19BrN2O. The molecule has 0 fully saturated rings. The number of aromatic nitrogens is 1. The summed E-state index contributed by atoms with van der Waals surface area (Å²) in [6.07, 6.45) is 1.09. The highest BCUT2D eigenvalue weighted by Gasteiger charge is 2.16. The highest BCUT2D eigenvalue weighted by Crippen LogP contribution is 2.26. The number of pyridine rings is 1. The van der Waals surface area contributed by atoms with E-state index < -0.39 is 0 Å². The number of ether oxygens (including phenoxy) is 1. The first-order chi connectivity index (χ1) is 9.26. The molecular weight excluding hydrogens is 304 g/mol. The van der Waals surface area contributed by atoms with Crippen LogP contribution in [0.5, 0.6) is 0 Å². The number of nitrogens with zero attached hydrogens (tertiary/aromatic N) is 1. The Morgan fingerprint density at radius 1 is 1.37 bits per heavy atom. The topological polar surface area (TPSA) is 34.1 Å². The Bertz CT molecular complexity index is 545. The van der Waals surface area contributed by atoms with Gasteiger partial charge in [0.1, 0.15) is 0 Å². The normalized spacial score (nSPS) is 12.8. The predicted molar refractivity (Wildman–Crippen MR) is 82.4 cm³/mol. The molecule has 1 unspecified atom stereocenters. The van der Waals surface area contributed by atoms with Crippen LogP contribution in [0.4, 0.5) is 0 Å². The second-order valence-corrected chi connectivity index (χ2v) is 5.36. The summed E-state index contributed by atoms with van der Waals surface area (Å²) in [7, 11) is 1.72. The minimum Gasteiger partial charge on any atom is -0.383 e. The Labute approximate surface area is 122 Å². The van der Waals surface area contributed by atoms with Crippen LogP contribution in [0.15, 0.2) is 34.8 Å². The highest BCUT2D eigenvalue weighted by molar-refractivity contribution is 9.10. The van der Waals surface area contributed by atoms with Gasteiger partial charge in [-0.3, -0.25) is 0 Å². The quantitative estimate of drug-likeness (QED) is 0.880. The van der Waals surface area contributed by atoms with E-state index in [0.29, 0.717) is 6.61 Å². The fourth-order valence-electron chi connectivity index (χ4n) is 2.07. The Balaban J connectivity index is 2.37. The molecule has 0 saturated heterocycles. The number of hydrogen-bond donors (Lipinski definition) is 1. The molecule has 0 aliphatic carbocycles. The van der Waals surface area contributed by atoms with Gasteiger partial charge in [0.25, 0.3) is 0 Å². The summed E-state index contributed by atoms with van der Waals surface area (Å²) in [6.45, 7) is 3.72. The number of nitrogens with one attached hydrogen (secondary N) is 1. The smallest absolute Gasteiger partial charge is 0.0746 e. The standard InChI is InChI=1S/C15H19BrN2O/c1-3-8-17-14(10-19-2)15-12(16)9-11-6-4-5-7-13(11)18-15/h4-7,9,14,17H,3,8,10H2,1-2H3. The van der Waals surface area contributed by atoms with Gasteiger partial charge in [-0.05, 0) is 41.0 Å². The van der Waals surface area contributed by atoms with Crippen molar-refractivity contribution >= 4 is 26.8 Å². The summed E-state index contributed by atoms with van der Waals surface area (Å²) >= 11 is 3.62. The van der Waals surface area contributed by atoms with Crippen LogP contribution in [-0.2, 0) is 4.74 Å². The van der Waals surface area contributed by atoms with Crippen LogP contribution >= 0.6 is 15.9 Å². The van der Waals surface area contributed by atoms with Gasteiger partial charge in [-0.25, -0.2) is 4.98 Å². The molecule has 2 rings (SSSR count). The van der Waals surface area contributed by atoms with Crippen LogP contribution in [0.3, 0.4) is 0 Å².